The van der Waals surface area contributed by atoms with Gasteiger partial charge in [-0.2, -0.15) is 4.39 Å². The molecule has 3 nitrogen and oxygen atoms in total. The second-order valence-electron chi connectivity index (χ2n) is 5.26. The molecule has 3 aromatic rings. The molecule has 0 unspecified atom stereocenters. The van der Waals surface area contributed by atoms with Crippen molar-refractivity contribution in [3.63, 3.8) is 0 Å². The van der Waals surface area contributed by atoms with Gasteiger partial charge < -0.3 is 10.0 Å². The molecule has 0 atom stereocenters. The Hall–Kier alpha value is -2.38. The highest BCUT2D eigenvalue weighted by Crippen LogP contribution is 2.32. The molecule has 0 aliphatic rings. The summed E-state index contributed by atoms with van der Waals surface area (Å²) in [6.07, 6.45) is 0. The van der Waals surface area contributed by atoms with Crippen LogP contribution in [0.2, 0.25) is 5.02 Å². The summed E-state index contributed by atoms with van der Waals surface area (Å²) >= 11 is 7.10. The molecule has 0 aliphatic heterocycles. The lowest BCUT2D eigenvalue weighted by Gasteiger charge is -2.12. The van der Waals surface area contributed by atoms with Gasteiger partial charge in [-0.05, 0) is 42.3 Å². The zero-order valence-electron chi connectivity index (χ0n) is 15.3. The maximum absolute atomic E-state index is 14.3. The van der Waals surface area contributed by atoms with E-state index < -0.39 is 11.8 Å². The minimum absolute atomic E-state index is 0.170. The molecule has 0 radical (unpaired) electrons. The first kappa shape index (κ1) is 21.9. The van der Waals surface area contributed by atoms with E-state index in [1.54, 1.807) is 24.3 Å². The fourth-order valence-corrected chi connectivity index (χ4v) is 3.10. The second-order valence-corrected chi connectivity index (χ2v) is 6.51. The van der Waals surface area contributed by atoms with Crippen LogP contribution < -0.4 is 10.0 Å². The summed E-state index contributed by atoms with van der Waals surface area (Å²) in [5.74, 6) is -1.26. The van der Waals surface area contributed by atoms with E-state index in [4.69, 9.17) is 11.6 Å². The van der Waals surface area contributed by atoms with Crippen LogP contribution in [0.4, 0.5) is 24.7 Å². The molecule has 0 saturated carbocycles. The highest BCUT2D eigenvalue weighted by atomic mass is 35.5. The van der Waals surface area contributed by atoms with Crippen LogP contribution in [0.5, 0.6) is 0 Å². The van der Waals surface area contributed by atoms with E-state index in [0.717, 1.165) is 11.9 Å². The number of hydrogen-bond donors (Lipinski definition) is 2. The molecule has 2 aromatic carbocycles. The Morgan fingerprint density at radius 2 is 1.71 bits per heavy atom. The van der Waals surface area contributed by atoms with Crippen LogP contribution in [0.3, 0.4) is 0 Å². The number of halogens is 4. The van der Waals surface area contributed by atoms with Crippen molar-refractivity contribution >= 4 is 35.1 Å². The molecule has 1 aromatic heterocycles. The Bertz CT molecular complexity index is 925. The van der Waals surface area contributed by atoms with Crippen LogP contribution in [0.15, 0.2) is 59.5 Å². The van der Waals surface area contributed by atoms with E-state index >= 15 is 0 Å². The molecule has 0 spiro atoms. The highest BCUT2D eigenvalue weighted by molar-refractivity contribution is 8.00. The van der Waals surface area contributed by atoms with E-state index in [2.05, 4.69) is 15.0 Å². The molecule has 0 fully saturated rings. The SMILES string of the molecule is CC.Fc1cccc(NSc2cc(Cl)c(NCc3ccccc3F)cc2F)n1. The van der Waals surface area contributed by atoms with Crippen molar-refractivity contribution < 1.29 is 13.2 Å². The molecule has 0 aliphatic carbocycles. The Morgan fingerprint density at radius 3 is 2.43 bits per heavy atom. The first-order chi connectivity index (χ1) is 13.5. The van der Waals surface area contributed by atoms with Crippen LogP contribution in [-0.4, -0.2) is 4.98 Å². The number of pyridine rings is 1. The smallest absolute Gasteiger partial charge is 0.214 e. The first-order valence-corrected chi connectivity index (χ1v) is 9.74. The molecule has 0 bridgehead atoms. The number of aromatic nitrogens is 1. The highest BCUT2D eigenvalue weighted by Gasteiger charge is 2.11. The van der Waals surface area contributed by atoms with Gasteiger partial charge in [-0.25, -0.2) is 13.8 Å². The molecule has 8 heteroatoms. The fourth-order valence-electron chi connectivity index (χ4n) is 2.15. The van der Waals surface area contributed by atoms with Gasteiger partial charge in [0, 0.05) is 12.1 Å². The largest absolute Gasteiger partial charge is 0.380 e. The van der Waals surface area contributed by atoms with Crippen molar-refractivity contribution in [1.29, 1.82) is 0 Å². The van der Waals surface area contributed by atoms with Gasteiger partial charge in [-0.1, -0.05) is 49.7 Å². The fraction of sp³-hybridized carbons (Fsp3) is 0.150. The summed E-state index contributed by atoms with van der Waals surface area (Å²) in [6.45, 7) is 4.17. The van der Waals surface area contributed by atoms with Gasteiger partial charge in [0.2, 0.25) is 5.95 Å². The maximum atomic E-state index is 14.3. The van der Waals surface area contributed by atoms with Crippen molar-refractivity contribution in [2.45, 2.75) is 25.3 Å². The molecular formula is C20H19ClF3N3S. The Kier molecular flexibility index (Phi) is 8.47. The summed E-state index contributed by atoms with van der Waals surface area (Å²) in [4.78, 5) is 3.85. The lowest BCUT2D eigenvalue weighted by Crippen LogP contribution is -2.03. The van der Waals surface area contributed by atoms with Gasteiger partial charge in [0.05, 0.1) is 15.6 Å². The quantitative estimate of drug-likeness (QED) is 0.332. The third kappa shape index (κ3) is 6.07. The monoisotopic (exact) mass is 425 g/mol. The zero-order valence-corrected chi connectivity index (χ0v) is 16.8. The van der Waals surface area contributed by atoms with E-state index in [1.165, 1.54) is 30.3 Å². The minimum atomic E-state index is -0.637. The number of rotatable bonds is 6. The van der Waals surface area contributed by atoms with Gasteiger partial charge in [-0.15, -0.1) is 0 Å². The van der Waals surface area contributed by atoms with Crippen LogP contribution >= 0.6 is 23.5 Å². The van der Waals surface area contributed by atoms with Crippen LogP contribution in [-0.2, 0) is 6.54 Å². The Labute approximate surface area is 171 Å². The number of benzene rings is 2. The summed E-state index contributed by atoms with van der Waals surface area (Å²) in [7, 11) is 0. The molecule has 28 heavy (non-hydrogen) atoms. The number of anilines is 2. The average molecular weight is 426 g/mol. The molecule has 148 valence electrons. The number of nitrogens with one attached hydrogen (secondary N) is 2. The Balaban J connectivity index is 0.00000136. The van der Waals surface area contributed by atoms with Crippen molar-refractivity contribution in [2.24, 2.45) is 0 Å². The van der Waals surface area contributed by atoms with Gasteiger partial charge in [-0.3, -0.25) is 0 Å². The first-order valence-electron chi connectivity index (χ1n) is 8.54. The standard InChI is InChI=1S/C18H13ClF3N3S.C2H6/c19-12-8-16(26-25-18-7-3-6-17(22)24-18)14(21)9-15(12)23-10-11-4-1-2-5-13(11)20;1-2/h1-9,23H,10H2,(H,24,25);1-2H3. The Morgan fingerprint density at radius 1 is 0.964 bits per heavy atom. The molecule has 2 N–H and O–H groups in total. The molecule has 3 rings (SSSR count). The van der Waals surface area contributed by atoms with Crippen molar-refractivity contribution in [3.05, 3.63) is 82.8 Å². The summed E-state index contributed by atoms with van der Waals surface area (Å²) in [5.41, 5.74) is 0.793. The van der Waals surface area contributed by atoms with E-state index in [9.17, 15) is 13.2 Å². The number of hydrogen-bond acceptors (Lipinski definition) is 4. The summed E-state index contributed by atoms with van der Waals surface area (Å²) in [6, 6.07) is 13.2. The predicted octanol–water partition coefficient (Wildman–Crippen LogP) is 6.91. The maximum Gasteiger partial charge on any atom is 0.214 e. The lowest BCUT2D eigenvalue weighted by atomic mass is 10.2. The molecule has 0 amide bonds. The molecule has 0 saturated heterocycles. The van der Waals surface area contributed by atoms with Crippen LogP contribution in [0, 0.1) is 17.6 Å². The van der Waals surface area contributed by atoms with E-state index in [-0.39, 0.29) is 28.1 Å². The molecule has 1 heterocycles. The van der Waals surface area contributed by atoms with Crippen LogP contribution in [0.25, 0.3) is 0 Å². The normalized spacial score (nSPS) is 10.1. The average Bonchev–Trinajstić information content (AvgIpc) is 2.70. The lowest BCUT2D eigenvalue weighted by molar-refractivity contribution is 0.586. The van der Waals surface area contributed by atoms with Crippen molar-refractivity contribution in [3.8, 4) is 0 Å². The van der Waals surface area contributed by atoms with Gasteiger partial charge in [0.1, 0.15) is 17.5 Å². The van der Waals surface area contributed by atoms with E-state index in [0.29, 0.717) is 11.3 Å². The van der Waals surface area contributed by atoms with Gasteiger partial charge in [0.25, 0.3) is 0 Å². The van der Waals surface area contributed by atoms with Crippen molar-refractivity contribution in [2.75, 3.05) is 10.0 Å². The van der Waals surface area contributed by atoms with E-state index in [1.807, 2.05) is 13.8 Å². The zero-order chi connectivity index (χ0) is 20.5. The third-order valence-corrected chi connectivity index (χ3v) is 4.59. The van der Waals surface area contributed by atoms with Gasteiger partial charge >= 0.3 is 0 Å². The van der Waals surface area contributed by atoms with Crippen molar-refractivity contribution in [1.82, 2.24) is 4.98 Å². The second kappa shape index (κ2) is 10.8. The molecular weight excluding hydrogens is 407 g/mol. The summed E-state index contributed by atoms with van der Waals surface area (Å²) in [5, 5.41) is 3.19. The minimum Gasteiger partial charge on any atom is -0.380 e. The van der Waals surface area contributed by atoms with Crippen LogP contribution in [0.1, 0.15) is 19.4 Å². The summed E-state index contributed by atoms with van der Waals surface area (Å²) < 4.78 is 43.7. The van der Waals surface area contributed by atoms with Gasteiger partial charge in [0.15, 0.2) is 0 Å². The predicted molar refractivity (Wildman–Crippen MR) is 110 cm³/mol. The topological polar surface area (TPSA) is 37.0 Å². The number of nitrogens with zero attached hydrogens (tertiary/aromatic N) is 1. The third-order valence-electron chi connectivity index (χ3n) is 3.43.